The maximum atomic E-state index is 4.31. The molecule has 25 heavy (non-hydrogen) atoms. The Hall–Kier alpha value is -3.88. The Labute approximate surface area is 140 Å². The third-order valence-electron chi connectivity index (χ3n) is 3.96. The molecule has 0 spiro atoms. The third kappa shape index (κ3) is 2.26. The van der Waals surface area contributed by atoms with Gasteiger partial charge in [0.25, 0.3) is 0 Å². The van der Waals surface area contributed by atoms with Gasteiger partial charge in [0.05, 0.1) is 29.3 Å². The van der Waals surface area contributed by atoms with Crippen molar-refractivity contribution in [1.29, 1.82) is 0 Å². The number of hydrogen-bond donors (Lipinski definition) is 1. The average molecular weight is 329 g/mol. The minimum atomic E-state index is 0.735. The van der Waals surface area contributed by atoms with Crippen LogP contribution in [0.4, 0.5) is 0 Å². The van der Waals surface area contributed by atoms with Crippen LogP contribution >= 0.6 is 0 Å². The van der Waals surface area contributed by atoms with Gasteiger partial charge in [-0.15, -0.1) is 10.2 Å². The first-order valence-corrected chi connectivity index (χ1v) is 7.57. The molecule has 0 saturated carbocycles. The lowest BCUT2D eigenvalue weighted by molar-refractivity contribution is 0.789. The highest BCUT2D eigenvalue weighted by Gasteiger charge is 2.12. The van der Waals surface area contributed by atoms with Crippen LogP contribution in [0.3, 0.4) is 0 Å². The molecule has 120 valence electrons. The van der Waals surface area contributed by atoms with Gasteiger partial charge < -0.3 is 0 Å². The second-order valence-electron chi connectivity index (χ2n) is 5.46. The lowest BCUT2D eigenvalue weighted by atomic mass is 10.1. The molecule has 0 atom stereocenters. The Kier molecular flexibility index (Phi) is 2.89. The van der Waals surface area contributed by atoms with Gasteiger partial charge in [0.2, 0.25) is 0 Å². The van der Waals surface area contributed by atoms with E-state index in [2.05, 4.69) is 36.0 Å². The minimum absolute atomic E-state index is 0.735. The summed E-state index contributed by atoms with van der Waals surface area (Å²) >= 11 is 0. The number of nitrogens with one attached hydrogen (secondary N) is 1. The maximum absolute atomic E-state index is 4.31. The number of H-pyrrole nitrogens is 1. The standard InChI is InChI=1S/C16H11N9/c1-2-4-16(25-10-18-21-23-25)13(3-1)15-9-24(22-20-15)12-5-6-14-11(7-12)8-17-19-14/h1-10H,(H,17,19). The molecule has 0 aliphatic heterocycles. The molecule has 0 unspecified atom stereocenters. The Morgan fingerprint density at radius 3 is 2.84 bits per heavy atom. The first-order valence-electron chi connectivity index (χ1n) is 7.57. The van der Waals surface area contributed by atoms with Crippen molar-refractivity contribution in [3.63, 3.8) is 0 Å². The SMILES string of the molecule is c1ccc(-n2cnnn2)c(-c2cn(-c3ccc4[nH]ncc4c3)nn2)c1. The molecular weight excluding hydrogens is 318 g/mol. The van der Waals surface area contributed by atoms with Crippen LogP contribution in [0, 0.1) is 0 Å². The van der Waals surface area contributed by atoms with E-state index < -0.39 is 0 Å². The summed E-state index contributed by atoms with van der Waals surface area (Å²) in [5.41, 5.74) is 4.36. The van der Waals surface area contributed by atoms with Gasteiger partial charge in [-0.2, -0.15) is 9.78 Å². The van der Waals surface area contributed by atoms with Crippen LogP contribution in [-0.4, -0.2) is 45.4 Å². The van der Waals surface area contributed by atoms with Gasteiger partial charge in [0.1, 0.15) is 12.0 Å². The summed E-state index contributed by atoms with van der Waals surface area (Å²) in [6, 6.07) is 13.7. The number of benzene rings is 2. The van der Waals surface area contributed by atoms with E-state index in [0.717, 1.165) is 33.5 Å². The normalized spacial score (nSPS) is 11.2. The van der Waals surface area contributed by atoms with Crippen molar-refractivity contribution in [3.05, 3.63) is 61.2 Å². The molecule has 0 saturated heterocycles. The molecule has 0 fully saturated rings. The predicted octanol–water partition coefficient (Wildman–Crippen LogP) is 1.79. The summed E-state index contributed by atoms with van der Waals surface area (Å²) in [5, 5.41) is 27.9. The fourth-order valence-corrected chi connectivity index (χ4v) is 2.75. The molecule has 2 aromatic carbocycles. The molecule has 5 rings (SSSR count). The quantitative estimate of drug-likeness (QED) is 0.541. The summed E-state index contributed by atoms with van der Waals surface area (Å²) in [4.78, 5) is 0. The first kappa shape index (κ1) is 13.5. The fraction of sp³-hybridized carbons (Fsp3) is 0. The number of rotatable bonds is 3. The van der Waals surface area contributed by atoms with Crippen molar-refractivity contribution in [3.8, 4) is 22.6 Å². The lowest BCUT2D eigenvalue weighted by Gasteiger charge is -2.04. The second-order valence-corrected chi connectivity index (χ2v) is 5.46. The van der Waals surface area contributed by atoms with Crippen LogP contribution in [-0.2, 0) is 0 Å². The summed E-state index contributed by atoms with van der Waals surface area (Å²) < 4.78 is 3.34. The van der Waals surface area contributed by atoms with Gasteiger partial charge in [-0.05, 0) is 34.7 Å². The van der Waals surface area contributed by atoms with Crippen LogP contribution in [0.15, 0.2) is 61.2 Å². The molecule has 0 aliphatic carbocycles. The van der Waals surface area contributed by atoms with Crippen LogP contribution in [0.2, 0.25) is 0 Å². The molecular formula is C16H11N9. The molecule has 3 heterocycles. The monoisotopic (exact) mass is 329 g/mol. The van der Waals surface area contributed by atoms with E-state index in [1.54, 1.807) is 21.9 Å². The van der Waals surface area contributed by atoms with E-state index in [1.165, 1.54) is 0 Å². The van der Waals surface area contributed by atoms with E-state index in [9.17, 15) is 0 Å². The molecule has 0 bridgehead atoms. The molecule has 0 aliphatic rings. The van der Waals surface area contributed by atoms with E-state index in [1.807, 2.05) is 48.7 Å². The zero-order valence-electron chi connectivity index (χ0n) is 12.9. The zero-order valence-corrected chi connectivity index (χ0v) is 12.9. The number of tetrazole rings is 1. The first-order chi connectivity index (χ1) is 12.4. The number of hydrogen-bond acceptors (Lipinski definition) is 6. The highest BCUT2D eigenvalue weighted by atomic mass is 15.5. The highest BCUT2D eigenvalue weighted by Crippen LogP contribution is 2.25. The topological polar surface area (TPSA) is 103 Å². The van der Waals surface area contributed by atoms with Gasteiger partial charge in [-0.3, -0.25) is 5.10 Å². The predicted molar refractivity (Wildman–Crippen MR) is 89.2 cm³/mol. The number of para-hydroxylation sites is 1. The van der Waals surface area contributed by atoms with Gasteiger partial charge >= 0.3 is 0 Å². The number of nitrogens with zero attached hydrogens (tertiary/aromatic N) is 8. The molecule has 9 heteroatoms. The second kappa shape index (κ2) is 5.34. The van der Waals surface area contributed by atoms with Crippen LogP contribution < -0.4 is 0 Å². The third-order valence-corrected chi connectivity index (χ3v) is 3.96. The van der Waals surface area contributed by atoms with Crippen molar-refractivity contribution in [2.45, 2.75) is 0 Å². The Morgan fingerprint density at radius 1 is 0.960 bits per heavy atom. The molecule has 3 aromatic heterocycles. The largest absolute Gasteiger partial charge is 0.278 e. The fourth-order valence-electron chi connectivity index (χ4n) is 2.75. The zero-order chi connectivity index (χ0) is 16.6. The van der Waals surface area contributed by atoms with Crippen LogP contribution in [0.25, 0.3) is 33.5 Å². The number of fused-ring (bicyclic) bond motifs is 1. The minimum Gasteiger partial charge on any atom is -0.278 e. The molecule has 1 N–H and O–H groups in total. The Morgan fingerprint density at radius 2 is 1.92 bits per heavy atom. The van der Waals surface area contributed by atoms with Gasteiger partial charge in [-0.25, -0.2) is 4.68 Å². The molecule has 9 nitrogen and oxygen atoms in total. The van der Waals surface area contributed by atoms with Crippen molar-refractivity contribution in [2.24, 2.45) is 0 Å². The number of aromatic amines is 1. The van der Waals surface area contributed by atoms with Crippen molar-refractivity contribution in [1.82, 2.24) is 45.4 Å². The average Bonchev–Trinajstić information content (AvgIpc) is 3.42. The van der Waals surface area contributed by atoms with Gasteiger partial charge in [0, 0.05) is 10.9 Å². The van der Waals surface area contributed by atoms with Gasteiger partial charge in [0.15, 0.2) is 0 Å². The summed E-state index contributed by atoms with van der Waals surface area (Å²) in [7, 11) is 0. The highest BCUT2D eigenvalue weighted by molar-refractivity contribution is 5.80. The summed E-state index contributed by atoms with van der Waals surface area (Å²) in [6.45, 7) is 0. The van der Waals surface area contributed by atoms with Crippen molar-refractivity contribution in [2.75, 3.05) is 0 Å². The maximum Gasteiger partial charge on any atom is 0.143 e. The lowest BCUT2D eigenvalue weighted by Crippen LogP contribution is -1.98. The van der Waals surface area contributed by atoms with Crippen molar-refractivity contribution < 1.29 is 0 Å². The molecule has 0 radical (unpaired) electrons. The van der Waals surface area contributed by atoms with Crippen LogP contribution in [0.5, 0.6) is 0 Å². The van der Waals surface area contributed by atoms with Crippen LogP contribution in [0.1, 0.15) is 0 Å². The molecule has 0 amide bonds. The Bertz CT molecular complexity index is 1150. The summed E-state index contributed by atoms with van der Waals surface area (Å²) in [5.74, 6) is 0. The van der Waals surface area contributed by atoms with E-state index in [-0.39, 0.29) is 0 Å². The van der Waals surface area contributed by atoms with E-state index in [0.29, 0.717) is 0 Å². The van der Waals surface area contributed by atoms with Crippen molar-refractivity contribution >= 4 is 10.9 Å². The summed E-state index contributed by atoms with van der Waals surface area (Å²) in [6.07, 6.45) is 5.21. The smallest absolute Gasteiger partial charge is 0.143 e. The number of aromatic nitrogens is 9. The van der Waals surface area contributed by atoms with E-state index >= 15 is 0 Å². The molecule has 5 aromatic rings. The van der Waals surface area contributed by atoms with E-state index in [4.69, 9.17) is 0 Å². The Balaban J connectivity index is 1.59. The van der Waals surface area contributed by atoms with Gasteiger partial charge in [-0.1, -0.05) is 23.4 Å².